The number of para-hydroxylation sites is 1. The van der Waals surface area contributed by atoms with E-state index in [1.165, 1.54) is 0 Å². The van der Waals surface area contributed by atoms with Gasteiger partial charge in [0.25, 0.3) is 0 Å². The second kappa shape index (κ2) is 7.59. The Labute approximate surface area is 173 Å². The number of benzene rings is 2. The third-order valence-corrected chi connectivity index (χ3v) is 5.60. The lowest BCUT2D eigenvalue weighted by atomic mass is 10.2. The maximum absolute atomic E-state index is 13.2. The molecular formula is C21H21ClN6O. The minimum Gasteiger partial charge on any atom is -0.314 e. The molecule has 2 aromatic carbocycles. The number of hydrogen-bond acceptors (Lipinski definition) is 5. The maximum atomic E-state index is 13.2. The van der Waals surface area contributed by atoms with Crippen molar-refractivity contribution in [3.05, 3.63) is 65.2 Å². The molecule has 2 aliphatic heterocycles. The average Bonchev–Trinajstić information content (AvgIpc) is 3.06. The van der Waals surface area contributed by atoms with Gasteiger partial charge in [0.05, 0.1) is 24.3 Å². The highest BCUT2D eigenvalue weighted by atomic mass is 35.5. The molecule has 5 rings (SSSR count). The third-order valence-electron chi connectivity index (χ3n) is 5.36. The molecule has 0 saturated carbocycles. The summed E-state index contributed by atoms with van der Waals surface area (Å²) >= 11 is 6.33. The minimum absolute atomic E-state index is 0.0559. The summed E-state index contributed by atoms with van der Waals surface area (Å²) in [5, 5.41) is 12.8. The van der Waals surface area contributed by atoms with Crippen LogP contribution in [0.25, 0.3) is 5.69 Å². The van der Waals surface area contributed by atoms with E-state index in [2.05, 4.69) is 20.4 Å². The highest BCUT2D eigenvalue weighted by Gasteiger charge is 2.30. The fourth-order valence-electron chi connectivity index (χ4n) is 3.99. The number of anilines is 2. The Morgan fingerprint density at radius 3 is 2.59 bits per heavy atom. The number of nitrogens with one attached hydrogen (secondary N) is 1. The second-order valence-electron chi connectivity index (χ2n) is 7.27. The van der Waals surface area contributed by atoms with E-state index in [0.717, 1.165) is 49.1 Å². The van der Waals surface area contributed by atoms with Crippen molar-refractivity contribution in [2.75, 3.05) is 31.1 Å². The SMILES string of the molecule is O=C1Cc2nnc(CN3CCNCC3)n2-c2ccc(Cl)cc2N1c1ccccc1. The topological polar surface area (TPSA) is 66.3 Å². The molecule has 3 heterocycles. The summed E-state index contributed by atoms with van der Waals surface area (Å²) < 4.78 is 2.02. The molecule has 0 aliphatic carbocycles. The summed E-state index contributed by atoms with van der Waals surface area (Å²) in [6, 6.07) is 15.3. The fourth-order valence-corrected chi connectivity index (χ4v) is 4.16. The number of hydrogen-bond donors (Lipinski definition) is 1. The molecule has 8 heteroatoms. The zero-order valence-electron chi connectivity index (χ0n) is 15.9. The van der Waals surface area contributed by atoms with Crippen LogP contribution in [-0.4, -0.2) is 51.8 Å². The predicted molar refractivity (Wildman–Crippen MR) is 112 cm³/mol. The van der Waals surface area contributed by atoms with Crippen LogP contribution in [0, 0.1) is 0 Å². The van der Waals surface area contributed by atoms with Crippen LogP contribution in [-0.2, 0) is 17.8 Å². The molecule has 148 valence electrons. The quantitative estimate of drug-likeness (QED) is 0.721. The average molecular weight is 409 g/mol. The van der Waals surface area contributed by atoms with Gasteiger partial charge in [-0.25, -0.2) is 0 Å². The molecule has 7 nitrogen and oxygen atoms in total. The number of halogens is 1. The van der Waals surface area contributed by atoms with Crippen molar-refractivity contribution in [1.82, 2.24) is 25.0 Å². The molecule has 3 aromatic rings. The van der Waals surface area contributed by atoms with Gasteiger partial charge in [0, 0.05) is 36.9 Å². The molecule has 1 saturated heterocycles. The first-order valence-corrected chi connectivity index (χ1v) is 10.1. The normalized spacial score (nSPS) is 17.0. The molecule has 1 aromatic heterocycles. The van der Waals surface area contributed by atoms with Crippen LogP contribution in [0.5, 0.6) is 0 Å². The maximum Gasteiger partial charge on any atom is 0.239 e. The number of carbonyl (C=O) groups excluding carboxylic acids is 1. The fraction of sp³-hybridized carbons (Fsp3) is 0.286. The number of amides is 1. The first kappa shape index (κ1) is 18.3. The van der Waals surface area contributed by atoms with Gasteiger partial charge in [-0.05, 0) is 30.3 Å². The lowest BCUT2D eigenvalue weighted by Gasteiger charge is -2.27. The summed E-state index contributed by atoms with van der Waals surface area (Å²) in [6.45, 7) is 4.55. The van der Waals surface area contributed by atoms with E-state index in [1.807, 2.05) is 53.1 Å². The van der Waals surface area contributed by atoms with Crippen LogP contribution in [0.4, 0.5) is 11.4 Å². The summed E-state index contributed by atoms with van der Waals surface area (Å²) in [5.41, 5.74) is 2.42. The monoisotopic (exact) mass is 408 g/mol. The molecule has 0 spiro atoms. The van der Waals surface area contributed by atoms with Crippen molar-refractivity contribution in [3.8, 4) is 5.69 Å². The summed E-state index contributed by atoms with van der Waals surface area (Å²) in [4.78, 5) is 17.3. The molecule has 2 aliphatic rings. The zero-order chi connectivity index (χ0) is 19.8. The van der Waals surface area contributed by atoms with E-state index in [9.17, 15) is 4.79 Å². The van der Waals surface area contributed by atoms with E-state index in [-0.39, 0.29) is 12.3 Å². The Hall–Kier alpha value is -2.74. The number of carbonyl (C=O) groups is 1. The Balaban J connectivity index is 1.63. The van der Waals surface area contributed by atoms with Crippen LogP contribution in [0.1, 0.15) is 11.6 Å². The third kappa shape index (κ3) is 3.42. The lowest BCUT2D eigenvalue weighted by molar-refractivity contribution is -0.117. The van der Waals surface area contributed by atoms with Gasteiger partial charge in [0.2, 0.25) is 5.91 Å². The Morgan fingerprint density at radius 2 is 1.79 bits per heavy atom. The molecular weight excluding hydrogens is 388 g/mol. The van der Waals surface area contributed by atoms with Gasteiger partial charge < -0.3 is 5.32 Å². The summed E-state index contributed by atoms with van der Waals surface area (Å²) in [5.74, 6) is 1.44. The van der Waals surface area contributed by atoms with Crippen LogP contribution >= 0.6 is 11.6 Å². The standard InChI is InChI=1S/C21H21ClN6O/c22-15-6-7-17-18(12-15)27(16-4-2-1-3-5-16)21(29)13-19-24-25-20(28(17)19)14-26-10-8-23-9-11-26/h1-7,12,23H,8-11,13-14H2. The molecule has 1 N–H and O–H groups in total. The van der Waals surface area contributed by atoms with Gasteiger partial charge >= 0.3 is 0 Å². The van der Waals surface area contributed by atoms with Crippen LogP contribution < -0.4 is 10.2 Å². The molecule has 1 amide bonds. The number of aromatic nitrogens is 3. The van der Waals surface area contributed by atoms with Gasteiger partial charge in [-0.3, -0.25) is 19.2 Å². The highest BCUT2D eigenvalue weighted by Crippen LogP contribution is 2.37. The van der Waals surface area contributed by atoms with Crippen LogP contribution in [0.15, 0.2) is 48.5 Å². The smallest absolute Gasteiger partial charge is 0.239 e. The van der Waals surface area contributed by atoms with Gasteiger partial charge in [-0.2, -0.15) is 0 Å². The van der Waals surface area contributed by atoms with E-state index in [1.54, 1.807) is 4.90 Å². The van der Waals surface area contributed by atoms with Gasteiger partial charge in [0.15, 0.2) is 5.82 Å². The first-order chi connectivity index (χ1) is 14.2. The van der Waals surface area contributed by atoms with Crippen LogP contribution in [0.3, 0.4) is 0 Å². The molecule has 0 bridgehead atoms. The lowest BCUT2D eigenvalue weighted by Crippen LogP contribution is -2.43. The number of nitrogens with zero attached hydrogens (tertiary/aromatic N) is 5. The Bertz CT molecular complexity index is 1040. The van der Waals surface area contributed by atoms with Gasteiger partial charge in [-0.1, -0.05) is 29.8 Å². The van der Waals surface area contributed by atoms with Crippen molar-refractivity contribution in [3.63, 3.8) is 0 Å². The predicted octanol–water partition coefficient (Wildman–Crippen LogP) is 2.55. The van der Waals surface area contributed by atoms with Crippen molar-refractivity contribution < 1.29 is 4.79 Å². The largest absolute Gasteiger partial charge is 0.314 e. The Morgan fingerprint density at radius 1 is 1.00 bits per heavy atom. The number of rotatable bonds is 3. The molecule has 1 fully saturated rings. The highest BCUT2D eigenvalue weighted by molar-refractivity contribution is 6.31. The van der Waals surface area contributed by atoms with Crippen molar-refractivity contribution >= 4 is 28.9 Å². The van der Waals surface area contributed by atoms with E-state index < -0.39 is 0 Å². The summed E-state index contributed by atoms with van der Waals surface area (Å²) in [7, 11) is 0. The molecule has 29 heavy (non-hydrogen) atoms. The van der Waals surface area contributed by atoms with E-state index in [0.29, 0.717) is 17.4 Å². The van der Waals surface area contributed by atoms with E-state index in [4.69, 9.17) is 11.6 Å². The zero-order valence-corrected chi connectivity index (χ0v) is 16.6. The Kier molecular flexibility index (Phi) is 4.79. The minimum atomic E-state index is -0.0559. The van der Waals surface area contributed by atoms with Crippen molar-refractivity contribution in [2.24, 2.45) is 0 Å². The van der Waals surface area contributed by atoms with Gasteiger partial charge in [-0.15, -0.1) is 10.2 Å². The molecule has 0 unspecified atom stereocenters. The second-order valence-corrected chi connectivity index (χ2v) is 7.70. The summed E-state index contributed by atoms with van der Waals surface area (Å²) in [6.07, 6.45) is 0.176. The van der Waals surface area contributed by atoms with Crippen LogP contribution in [0.2, 0.25) is 5.02 Å². The number of fused-ring (bicyclic) bond motifs is 3. The molecule has 0 atom stereocenters. The van der Waals surface area contributed by atoms with Gasteiger partial charge in [0.1, 0.15) is 5.82 Å². The van der Waals surface area contributed by atoms with Crippen molar-refractivity contribution in [1.29, 1.82) is 0 Å². The first-order valence-electron chi connectivity index (χ1n) is 9.75. The molecule has 0 radical (unpaired) electrons. The number of piperazine rings is 1. The van der Waals surface area contributed by atoms with E-state index >= 15 is 0 Å². The van der Waals surface area contributed by atoms with Crippen molar-refractivity contribution in [2.45, 2.75) is 13.0 Å².